The van der Waals surface area contributed by atoms with Gasteiger partial charge in [-0.15, -0.1) is 0 Å². The fraction of sp³-hybridized carbons (Fsp3) is 0.158. The average molecular weight is 278 g/mol. The largest absolute Gasteiger partial charge is 0.458 e. The van der Waals surface area contributed by atoms with Gasteiger partial charge in [-0.05, 0) is 29.7 Å². The van der Waals surface area contributed by atoms with Gasteiger partial charge in [-0.2, -0.15) is 0 Å². The third-order valence-corrected chi connectivity index (χ3v) is 3.62. The molecular formula is C19H18O2. The van der Waals surface area contributed by atoms with E-state index in [1.165, 1.54) is 11.1 Å². The van der Waals surface area contributed by atoms with Crippen LogP contribution in [-0.2, 0) is 0 Å². The Bertz CT molecular complexity index is 696. The van der Waals surface area contributed by atoms with E-state index in [9.17, 15) is 5.11 Å². The monoisotopic (exact) mass is 278 g/mol. The molecular weight excluding hydrogens is 260 g/mol. The normalized spacial score (nSPS) is 12.3. The van der Waals surface area contributed by atoms with Crippen LogP contribution in [0.3, 0.4) is 0 Å². The van der Waals surface area contributed by atoms with Crippen LogP contribution in [0.25, 0.3) is 22.5 Å². The van der Waals surface area contributed by atoms with E-state index in [4.69, 9.17) is 4.42 Å². The van der Waals surface area contributed by atoms with Gasteiger partial charge in [0.05, 0.1) is 0 Å². The molecule has 1 aromatic heterocycles. The highest BCUT2D eigenvalue weighted by atomic mass is 16.4. The van der Waals surface area contributed by atoms with Crippen molar-refractivity contribution < 1.29 is 9.52 Å². The summed E-state index contributed by atoms with van der Waals surface area (Å²) >= 11 is 0. The molecule has 0 bridgehead atoms. The van der Waals surface area contributed by atoms with E-state index in [2.05, 4.69) is 24.3 Å². The lowest BCUT2D eigenvalue weighted by atomic mass is 10.0. The lowest BCUT2D eigenvalue weighted by Crippen LogP contribution is -1.91. The molecule has 0 saturated heterocycles. The predicted molar refractivity (Wildman–Crippen MR) is 84.8 cm³/mol. The number of benzene rings is 2. The van der Waals surface area contributed by atoms with Gasteiger partial charge in [0.1, 0.15) is 17.6 Å². The lowest BCUT2D eigenvalue weighted by Gasteiger charge is -2.04. The van der Waals surface area contributed by atoms with Crippen LogP contribution in [0.4, 0.5) is 0 Å². The topological polar surface area (TPSA) is 33.4 Å². The summed E-state index contributed by atoms with van der Waals surface area (Å²) in [5.74, 6) is 1.41. The highest BCUT2D eigenvalue weighted by Crippen LogP contribution is 2.28. The Balaban J connectivity index is 1.86. The SMILES string of the molecule is CCC(O)c1ccc(-c2ccc(-c3ccccc3)cc2)o1. The Morgan fingerprint density at radius 1 is 0.810 bits per heavy atom. The van der Waals surface area contributed by atoms with Crippen molar-refractivity contribution in [2.24, 2.45) is 0 Å². The minimum Gasteiger partial charge on any atom is -0.458 e. The molecule has 0 saturated carbocycles. The molecule has 0 spiro atoms. The van der Waals surface area contributed by atoms with Gasteiger partial charge in [-0.3, -0.25) is 0 Å². The summed E-state index contributed by atoms with van der Waals surface area (Å²) in [5, 5.41) is 9.79. The molecule has 1 N–H and O–H groups in total. The van der Waals surface area contributed by atoms with E-state index in [1.807, 2.05) is 49.4 Å². The molecule has 106 valence electrons. The van der Waals surface area contributed by atoms with Crippen LogP contribution in [0.2, 0.25) is 0 Å². The quantitative estimate of drug-likeness (QED) is 0.724. The Kier molecular flexibility index (Phi) is 3.89. The van der Waals surface area contributed by atoms with Crippen molar-refractivity contribution in [3.8, 4) is 22.5 Å². The van der Waals surface area contributed by atoms with Crippen LogP contribution in [0.15, 0.2) is 71.1 Å². The van der Waals surface area contributed by atoms with Gasteiger partial charge in [-0.25, -0.2) is 0 Å². The van der Waals surface area contributed by atoms with Crippen LogP contribution in [-0.4, -0.2) is 5.11 Å². The zero-order valence-electron chi connectivity index (χ0n) is 12.0. The average Bonchev–Trinajstić information content (AvgIpc) is 3.05. The number of rotatable bonds is 4. The first-order valence-corrected chi connectivity index (χ1v) is 7.21. The molecule has 1 heterocycles. The second-order valence-corrected chi connectivity index (χ2v) is 5.07. The highest BCUT2D eigenvalue weighted by Gasteiger charge is 2.11. The van der Waals surface area contributed by atoms with Crippen LogP contribution >= 0.6 is 0 Å². The number of hydrogen-bond donors (Lipinski definition) is 1. The van der Waals surface area contributed by atoms with E-state index in [0.717, 1.165) is 11.3 Å². The molecule has 0 radical (unpaired) electrons. The molecule has 2 aromatic carbocycles. The van der Waals surface area contributed by atoms with Crippen molar-refractivity contribution in [3.63, 3.8) is 0 Å². The van der Waals surface area contributed by atoms with Crippen molar-refractivity contribution in [2.45, 2.75) is 19.4 Å². The molecule has 21 heavy (non-hydrogen) atoms. The number of aliphatic hydroxyl groups is 1. The molecule has 0 fully saturated rings. The predicted octanol–water partition coefficient (Wildman–Crippen LogP) is 5.06. The standard InChI is InChI=1S/C19H18O2/c1-2-17(20)19-13-12-18(21-19)16-10-8-15(9-11-16)14-6-4-3-5-7-14/h3-13,17,20H,2H2,1H3. The Hall–Kier alpha value is -2.32. The maximum absolute atomic E-state index is 9.79. The van der Waals surface area contributed by atoms with Gasteiger partial charge >= 0.3 is 0 Å². The first-order chi connectivity index (χ1) is 10.3. The first kappa shape index (κ1) is 13.7. The van der Waals surface area contributed by atoms with Crippen molar-refractivity contribution in [1.29, 1.82) is 0 Å². The molecule has 0 aliphatic rings. The summed E-state index contributed by atoms with van der Waals surface area (Å²) < 4.78 is 5.72. The molecule has 3 aromatic rings. The summed E-state index contributed by atoms with van der Waals surface area (Å²) in [7, 11) is 0. The van der Waals surface area contributed by atoms with Gasteiger partial charge in [-0.1, -0.05) is 61.5 Å². The molecule has 2 heteroatoms. The number of aliphatic hydroxyl groups excluding tert-OH is 1. The smallest absolute Gasteiger partial charge is 0.134 e. The summed E-state index contributed by atoms with van der Waals surface area (Å²) in [6, 6.07) is 22.3. The van der Waals surface area contributed by atoms with Gasteiger partial charge in [0.15, 0.2) is 0 Å². The van der Waals surface area contributed by atoms with E-state index in [0.29, 0.717) is 12.2 Å². The van der Waals surface area contributed by atoms with Gasteiger partial charge in [0, 0.05) is 5.56 Å². The minimum absolute atomic E-state index is 0.526. The second kappa shape index (κ2) is 5.98. The molecule has 0 amide bonds. The third kappa shape index (κ3) is 2.91. The van der Waals surface area contributed by atoms with Crippen molar-refractivity contribution in [2.75, 3.05) is 0 Å². The van der Waals surface area contributed by atoms with E-state index >= 15 is 0 Å². The van der Waals surface area contributed by atoms with Gasteiger partial charge < -0.3 is 9.52 Å². The molecule has 2 nitrogen and oxygen atoms in total. The Morgan fingerprint density at radius 3 is 2.10 bits per heavy atom. The summed E-state index contributed by atoms with van der Waals surface area (Å²) in [5.41, 5.74) is 3.40. The van der Waals surface area contributed by atoms with Crippen LogP contribution in [0.1, 0.15) is 25.2 Å². The number of hydrogen-bond acceptors (Lipinski definition) is 2. The van der Waals surface area contributed by atoms with Crippen LogP contribution in [0, 0.1) is 0 Å². The first-order valence-electron chi connectivity index (χ1n) is 7.21. The van der Waals surface area contributed by atoms with E-state index in [1.54, 1.807) is 0 Å². The third-order valence-electron chi connectivity index (χ3n) is 3.62. The van der Waals surface area contributed by atoms with Crippen molar-refractivity contribution >= 4 is 0 Å². The van der Waals surface area contributed by atoms with E-state index < -0.39 is 6.10 Å². The Labute approximate surface area is 124 Å². The molecule has 1 unspecified atom stereocenters. The minimum atomic E-state index is -0.526. The highest BCUT2D eigenvalue weighted by molar-refractivity contribution is 5.68. The number of furan rings is 1. The second-order valence-electron chi connectivity index (χ2n) is 5.07. The van der Waals surface area contributed by atoms with Crippen LogP contribution < -0.4 is 0 Å². The maximum atomic E-state index is 9.79. The fourth-order valence-electron chi connectivity index (χ4n) is 2.35. The zero-order valence-corrected chi connectivity index (χ0v) is 12.0. The summed E-state index contributed by atoms with van der Waals surface area (Å²) in [6.45, 7) is 1.93. The summed E-state index contributed by atoms with van der Waals surface area (Å²) in [6.07, 6.45) is 0.127. The fourth-order valence-corrected chi connectivity index (χ4v) is 2.35. The van der Waals surface area contributed by atoms with E-state index in [-0.39, 0.29) is 0 Å². The maximum Gasteiger partial charge on any atom is 0.134 e. The molecule has 3 rings (SSSR count). The Morgan fingerprint density at radius 2 is 1.43 bits per heavy atom. The van der Waals surface area contributed by atoms with Gasteiger partial charge in [0.25, 0.3) is 0 Å². The molecule has 0 aliphatic carbocycles. The van der Waals surface area contributed by atoms with Crippen LogP contribution in [0.5, 0.6) is 0 Å². The van der Waals surface area contributed by atoms with Crippen molar-refractivity contribution in [3.05, 3.63) is 72.5 Å². The lowest BCUT2D eigenvalue weighted by molar-refractivity contribution is 0.147. The zero-order chi connectivity index (χ0) is 14.7. The molecule has 1 atom stereocenters. The molecule has 0 aliphatic heterocycles. The summed E-state index contributed by atoms with van der Waals surface area (Å²) in [4.78, 5) is 0. The van der Waals surface area contributed by atoms with Crippen molar-refractivity contribution in [1.82, 2.24) is 0 Å². The van der Waals surface area contributed by atoms with Gasteiger partial charge in [0.2, 0.25) is 0 Å².